The van der Waals surface area contributed by atoms with Gasteiger partial charge in [0.05, 0.1) is 13.2 Å². The van der Waals surface area contributed by atoms with Crippen LogP contribution in [0.15, 0.2) is 24.3 Å². The average Bonchev–Trinajstić information content (AvgIpc) is 3.12. The number of halogens is 1. The monoisotopic (exact) mass is 377 g/mol. The van der Waals surface area contributed by atoms with Crippen LogP contribution in [-0.2, 0) is 4.74 Å². The highest BCUT2D eigenvalue weighted by Crippen LogP contribution is 2.30. The fourth-order valence-electron chi connectivity index (χ4n) is 4.94. The molecule has 0 saturated carbocycles. The van der Waals surface area contributed by atoms with Crippen molar-refractivity contribution < 1.29 is 14.2 Å². The second-order valence-electron chi connectivity index (χ2n) is 8.26. The van der Waals surface area contributed by atoms with Gasteiger partial charge in [-0.1, -0.05) is 0 Å². The van der Waals surface area contributed by atoms with E-state index in [1.165, 1.54) is 0 Å². The number of aliphatic hydroxyl groups is 1. The summed E-state index contributed by atoms with van der Waals surface area (Å²) < 4.78 is 18.6. The Morgan fingerprint density at radius 3 is 2.30 bits per heavy atom. The van der Waals surface area contributed by atoms with Crippen molar-refractivity contribution in [1.82, 2.24) is 9.80 Å². The minimum Gasteiger partial charge on any atom is -0.396 e. The molecule has 2 atom stereocenters. The normalized spacial score (nSPS) is 28.7. The molecule has 0 bridgehead atoms. The minimum atomic E-state index is -0.174. The third kappa shape index (κ3) is 4.62. The first-order valence-corrected chi connectivity index (χ1v) is 10.4. The second kappa shape index (κ2) is 8.86. The van der Waals surface area contributed by atoms with Crippen LogP contribution < -0.4 is 4.90 Å². The van der Waals surface area contributed by atoms with Crippen molar-refractivity contribution in [3.05, 3.63) is 30.1 Å². The molecule has 0 spiro atoms. The van der Waals surface area contributed by atoms with E-state index < -0.39 is 0 Å². The molecule has 0 radical (unpaired) electrons. The molecule has 1 aromatic carbocycles. The summed E-state index contributed by atoms with van der Waals surface area (Å²) in [7, 11) is 0. The quantitative estimate of drug-likeness (QED) is 0.845. The number of rotatable bonds is 5. The number of likely N-dealkylation sites (tertiary alicyclic amines) is 1. The molecule has 1 N–H and O–H groups in total. The minimum absolute atomic E-state index is 0.174. The van der Waals surface area contributed by atoms with Crippen molar-refractivity contribution in [3.63, 3.8) is 0 Å². The van der Waals surface area contributed by atoms with Crippen molar-refractivity contribution in [2.24, 2.45) is 11.8 Å². The number of morpholine rings is 1. The highest BCUT2D eigenvalue weighted by atomic mass is 19.1. The van der Waals surface area contributed by atoms with Crippen LogP contribution in [0.3, 0.4) is 0 Å². The van der Waals surface area contributed by atoms with Gasteiger partial charge in [-0.2, -0.15) is 0 Å². The molecule has 0 aromatic heterocycles. The summed E-state index contributed by atoms with van der Waals surface area (Å²) in [6, 6.07) is 7.45. The predicted molar refractivity (Wildman–Crippen MR) is 105 cm³/mol. The van der Waals surface area contributed by atoms with Gasteiger partial charge in [0.25, 0.3) is 0 Å². The van der Waals surface area contributed by atoms with Crippen molar-refractivity contribution >= 4 is 5.69 Å². The summed E-state index contributed by atoms with van der Waals surface area (Å²) in [5.41, 5.74) is 1.12. The number of aliphatic hydroxyl groups excluding tert-OH is 1. The van der Waals surface area contributed by atoms with E-state index in [9.17, 15) is 9.50 Å². The lowest BCUT2D eigenvalue weighted by molar-refractivity contribution is 0.0263. The van der Waals surface area contributed by atoms with Crippen LogP contribution in [0.25, 0.3) is 0 Å². The molecule has 5 nitrogen and oxygen atoms in total. The molecule has 3 aliphatic rings. The van der Waals surface area contributed by atoms with E-state index in [0.29, 0.717) is 24.5 Å². The Hall–Kier alpha value is -1.21. The van der Waals surface area contributed by atoms with Gasteiger partial charge in [0, 0.05) is 64.1 Å². The summed E-state index contributed by atoms with van der Waals surface area (Å²) in [6.45, 7) is 9.24. The Morgan fingerprint density at radius 1 is 0.963 bits per heavy atom. The van der Waals surface area contributed by atoms with Crippen LogP contribution in [-0.4, -0.2) is 86.6 Å². The average molecular weight is 378 g/mol. The van der Waals surface area contributed by atoms with E-state index in [1.54, 1.807) is 12.1 Å². The Kier molecular flexibility index (Phi) is 6.28. The molecule has 27 heavy (non-hydrogen) atoms. The largest absolute Gasteiger partial charge is 0.396 e. The molecule has 0 unspecified atom stereocenters. The summed E-state index contributed by atoms with van der Waals surface area (Å²) in [5.74, 6) is 0.776. The van der Waals surface area contributed by atoms with Crippen LogP contribution in [0.5, 0.6) is 0 Å². The van der Waals surface area contributed by atoms with E-state index in [0.717, 1.165) is 77.6 Å². The first kappa shape index (κ1) is 19.1. The molecule has 150 valence electrons. The highest BCUT2D eigenvalue weighted by Gasteiger charge is 2.37. The molecule has 3 aliphatic heterocycles. The van der Waals surface area contributed by atoms with Crippen molar-refractivity contribution in [3.8, 4) is 0 Å². The topological polar surface area (TPSA) is 39.2 Å². The van der Waals surface area contributed by atoms with Crippen molar-refractivity contribution in [2.45, 2.75) is 18.9 Å². The number of anilines is 1. The summed E-state index contributed by atoms with van der Waals surface area (Å²) in [6.07, 6.45) is 2.28. The Balaban J connectivity index is 1.29. The third-order valence-electron chi connectivity index (χ3n) is 6.61. The van der Waals surface area contributed by atoms with Gasteiger partial charge in [-0.05, 0) is 48.9 Å². The van der Waals surface area contributed by atoms with Crippen LogP contribution in [0.1, 0.15) is 12.8 Å². The number of hydrogen-bond donors (Lipinski definition) is 1. The maximum Gasteiger partial charge on any atom is 0.123 e. The maximum atomic E-state index is 13.1. The van der Waals surface area contributed by atoms with Crippen molar-refractivity contribution in [2.75, 3.05) is 70.5 Å². The first-order valence-electron chi connectivity index (χ1n) is 10.4. The molecule has 6 heteroatoms. The molecule has 3 heterocycles. The van der Waals surface area contributed by atoms with Gasteiger partial charge in [-0.25, -0.2) is 4.39 Å². The third-order valence-corrected chi connectivity index (χ3v) is 6.61. The van der Waals surface area contributed by atoms with E-state index >= 15 is 0 Å². The van der Waals surface area contributed by atoms with Crippen LogP contribution in [0.2, 0.25) is 0 Å². The zero-order valence-electron chi connectivity index (χ0n) is 16.1. The molecular weight excluding hydrogens is 345 g/mol. The van der Waals surface area contributed by atoms with Gasteiger partial charge in [0.2, 0.25) is 0 Å². The molecule has 0 amide bonds. The fourth-order valence-corrected chi connectivity index (χ4v) is 4.94. The lowest BCUT2D eigenvalue weighted by Gasteiger charge is -2.38. The van der Waals surface area contributed by atoms with Crippen LogP contribution >= 0.6 is 0 Å². The van der Waals surface area contributed by atoms with E-state index in [2.05, 4.69) is 14.7 Å². The number of benzene rings is 1. The molecular formula is C21H32FN3O2. The van der Waals surface area contributed by atoms with Gasteiger partial charge in [-0.3, -0.25) is 9.80 Å². The Bertz CT molecular complexity index is 586. The molecule has 1 aromatic rings. The van der Waals surface area contributed by atoms with Gasteiger partial charge in [-0.15, -0.1) is 0 Å². The maximum absolute atomic E-state index is 13.1. The number of nitrogens with zero attached hydrogens (tertiary/aromatic N) is 3. The zero-order valence-corrected chi connectivity index (χ0v) is 16.1. The van der Waals surface area contributed by atoms with Gasteiger partial charge >= 0.3 is 0 Å². The zero-order chi connectivity index (χ0) is 18.6. The van der Waals surface area contributed by atoms with Gasteiger partial charge < -0.3 is 14.7 Å². The molecule has 3 fully saturated rings. The van der Waals surface area contributed by atoms with Gasteiger partial charge in [0.1, 0.15) is 5.82 Å². The van der Waals surface area contributed by atoms with Crippen molar-refractivity contribution in [1.29, 1.82) is 0 Å². The highest BCUT2D eigenvalue weighted by molar-refractivity contribution is 5.46. The lowest BCUT2D eigenvalue weighted by Crippen LogP contribution is -2.45. The Morgan fingerprint density at radius 2 is 1.63 bits per heavy atom. The van der Waals surface area contributed by atoms with E-state index in [-0.39, 0.29) is 5.82 Å². The summed E-state index contributed by atoms with van der Waals surface area (Å²) >= 11 is 0. The summed E-state index contributed by atoms with van der Waals surface area (Å²) in [5, 5.41) is 9.89. The smallest absolute Gasteiger partial charge is 0.123 e. The standard InChI is InChI=1S/C21H32FN3O2/c22-19-1-3-20(4-2-19)24-7-5-21(6-8-24)25-14-17(18(15-25)16-26)13-23-9-11-27-12-10-23/h1-4,17-18,21,26H,5-16H2/t17-,18-/m0/s1. The van der Waals surface area contributed by atoms with E-state index in [4.69, 9.17) is 4.74 Å². The van der Waals surface area contributed by atoms with Gasteiger partial charge in [0.15, 0.2) is 0 Å². The first-order chi connectivity index (χ1) is 13.2. The predicted octanol–water partition coefficient (Wildman–Crippen LogP) is 1.67. The Labute approximate surface area is 161 Å². The number of piperidine rings is 1. The fraction of sp³-hybridized carbons (Fsp3) is 0.714. The van der Waals surface area contributed by atoms with Crippen LogP contribution in [0, 0.1) is 17.7 Å². The van der Waals surface area contributed by atoms with Crippen LogP contribution in [0.4, 0.5) is 10.1 Å². The number of ether oxygens (including phenoxy) is 1. The second-order valence-corrected chi connectivity index (χ2v) is 8.26. The molecule has 0 aliphatic carbocycles. The number of hydrogen-bond acceptors (Lipinski definition) is 5. The van der Waals surface area contributed by atoms with E-state index in [1.807, 2.05) is 12.1 Å². The summed E-state index contributed by atoms with van der Waals surface area (Å²) in [4.78, 5) is 7.48. The molecule has 3 saturated heterocycles. The lowest BCUT2D eigenvalue weighted by atomic mass is 9.96. The molecule has 4 rings (SSSR count). The SMILES string of the molecule is OC[C@@H]1CN(C2CCN(c3ccc(F)cc3)CC2)C[C@@H]1CN1CCOCC1.